The molecule has 0 atom stereocenters. The maximum Gasteiger partial charge on any atom is 0.490 e. The predicted molar refractivity (Wildman–Crippen MR) is 109 cm³/mol. The van der Waals surface area contributed by atoms with E-state index in [9.17, 15) is 31.1 Å². The Morgan fingerprint density at radius 1 is 0.971 bits per heavy atom. The van der Waals surface area contributed by atoms with Gasteiger partial charge in [-0.3, -0.25) is 9.20 Å². The highest BCUT2D eigenvalue weighted by Gasteiger charge is 2.39. The molecule has 34 heavy (non-hydrogen) atoms. The summed E-state index contributed by atoms with van der Waals surface area (Å²) in [4.78, 5) is 28.4. The summed E-state index contributed by atoms with van der Waals surface area (Å²) in [5, 5.41) is 7.12. The quantitative estimate of drug-likeness (QED) is 0.601. The molecule has 0 aliphatic carbocycles. The van der Waals surface area contributed by atoms with Crippen LogP contribution in [-0.2, 0) is 15.8 Å². The van der Waals surface area contributed by atoms with Crippen LogP contribution in [0, 0.1) is 5.41 Å². The van der Waals surface area contributed by atoms with Crippen molar-refractivity contribution >= 4 is 23.2 Å². The second kappa shape index (κ2) is 9.34. The van der Waals surface area contributed by atoms with Crippen LogP contribution in [-0.4, -0.2) is 63.6 Å². The molecular formula is C21H24F6N4O3. The van der Waals surface area contributed by atoms with Gasteiger partial charge in [0.1, 0.15) is 12.1 Å². The molecule has 2 aromatic rings. The maximum absolute atomic E-state index is 13.3. The van der Waals surface area contributed by atoms with Crippen LogP contribution in [0.25, 0.3) is 5.52 Å². The topological polar surface area (TPSA) is 78.2 Å². The van der Waals surface area contributed by atoms with Crippen LogP contribution in [0.5, 0.6) is 0 Å². The lowest BCUT2D eigenvalue weighted by Crippen LogP contribution is -2.48. The average Bonchev–Trinajstić information content (AvgIpc) is 3.22. The van der Waals surface area contributed by atoms with Crippen molar-refractivity contribution in [1.82, 2.24) is 14.3 Å². The summed E-state index contributed by atoms with van der Waals surface area (Å²) in [5.41, 5.74) is 0.0217. The zero-order valence-corrected chi connectivity index (χ0v) is 18.3. The van der Waals surface area contributed by atoms with Gasteiger partial charge < -0.3 is 14.9 Å². The van der Waals surface area contributed by atoms with Crippen molar-refractivity contribution in [2.24, 2.45) is 5.41 Å². The Balaban J connectivity index is 0.000000406. The fourth-order valence-electron chi connectivity index (χ4n) is 4.43. The van der Waals surface area contributed by atoms with E-state index in [0.29, 0.717) is 24.4 Å². The molecule has 0 saturated carbocycles. The minimum Gasteiger partial charge on any atom is -0.475 e. The van der Waals surface area contributed by atoms with Crippen LogP contribution >= 0.6 is 0 Å². The fourth-order valence-corrected chi connectivity index (χ4v) is 4.43. The first-order chi connectivity index (χ1) is 15.7. The van der Waals surface area contributed by atoms with Crippen molar-refractivity contribution in [3.8, 4) is 0 Å². The summed E-state index contributed by atoms with van der Waals surface area (Å²) in [6.45, 7) is 4.60. The monoisotopic (exact) mass is 494 g/mol. The van der Waals surface area contributed by atoms with Gasteiger partial charge in [0.05, 0.1) is 17.3 Å². The van der Waals surface area contributed by atoms with Gasteiger partial charge in [0.2, 0.25) is 5.91 Å². The normalized spacial score (nSPS) is 18.6. The molecule has 2 fully saturated rings. The third-order valence-electron chi connectivity index (χ3n) is 6.49. The molecule has 13 heteroatoms. The fraction of sp³-hybridized carbons (Fsp3) is 0.571. The summed E-state index contributed by atoms with van der Waals surface area (Å²) in [6, 6.07) is 2.37. The number of piperidine rings is 2. The Labute approximate surface area is 191 Å². The number of amides is 1. The Bertz CT molecular complexity index is 1030. The Hall–Kier alpha value is -2.99. The molecule has 0 radical (unpaired) electrons. The predicted octanol–water partition coefficient (Wildman–Crippen LogP) is 4.22. The number of fused-ring (bicyclic) bond motifs is 1. The number of carbonyl (C=O) groups excluding carboxylic acids is 1. The lowest BCUT2D eigenvalue weighted by molar-refractivity contribution is -0.192. The molecule has 4 heterocycles. The number of alkyl halides is 6. The zero-order chi connectivity index (χ0) is 25.3. The molecule has 1 spiro atoms. The average molecular weight is 494 g/mol. The van der Waals surface area contributed by atoms with Gasteiger partial charge >= 0.3 is 18.3 Å². The molecule has 7 nitrogen and oxygen atoms in total. The molecule has 188 valence electrons. The van der Waals surface area contributed by atoms with Crippen LogP contribution in [0.1, 0.15) is 38.2 Å². The molecule has 4 rings (SSSR count). The second-order valence-electron chi connectivity index (χ2n) is 8.58. The number of likely N-dealkylation sites (tertiary alicyclic amines) is 1. The van der Waals surface area contributed by atoms with Gasteiger partial charge in [0.15, 0.2) is 0 Å². The Kier molecular flexibility index (Phi) is 7.04. The van der Waals surface area contributed by atoms with Crippen molar-refractivity contribution < 1.29 is 41.0 Å². The highest BCUT2D eigenvalue weighted by Crippen LogP contribution is 2.43. The molecule has 0 bridgehead atoms. The molecule has 0 unspecified atom stereocenters. The molecule has 2 saturated heterocycles. The number of aliphatic carboxylic acids is 1. The minimum absolute atomic E-state index is 0.119. The van der Waals surface area contributed by atoms with E-state index in [4.69, 9.17) is 9.90 Å². The molecule has 2 aliphatic heterocycles. The first-order valence-corrected chi connectivity index (χ1v) is 10.6. The van der Waals surface area contributed by atoms with Crippen LogP contribution < -0.4 is 4.90 Å². The molecule has 1 amide bonds. The van der Waals surface area contributed by atoms with Crippen molar-refractivity contribution in [3.63, 3.8) is 0 Å². The zero-order valence-electron chi connectivity index (χ0n) is 18.3. The van der Waals surface area contributed by atoms with Gasteiger partial charge in [0, 0.05) is 33.1 Å². The van der Waals surface area contributed by atoms with Crippen LogP contribution in [0.4, 0.5) is 32.2 Å². The first kappa shape index (κ1) is 25.6. The van der Waals surface area contributed by atoms with Crippen molar-refractivity contribution in [1.29, 1.82) is 0 Å². The van der Waals surface area contributed by atoms with Crippen molar-refractivity contribution in [2.45, 2.75) is 45.0 Å². The Morgan fingerprint density at radius 3 is 1.97 bits per heavy atom. The number of carbonyl (C=O) groups is 2. The van der Waals surface area contributed by atoms with Crippen molar-refractivity contribution in [2.75, 3.05) is 31.1 Å². The van der Waals surface area contributed by atoms with Crippen LogP contribution in [0.3, 0.4) is 0 Å². The van der Waals surface area contributed by atoms with Crippen LogP contribution in [0.15, 0.2) is 24.7 Å². The van der Waals surface area contributed by atoms with Gasteiger partial charge in [-0.05, 0) is 43.2 Å². The van der Waals surface area contributed by atoms with Crippen molar-refractivity contribution in [3.05, 3.63) is 30.2 Å². The largest absolute Gasteiger partial charge is 0.490 e. The number of aromatic nitrogens is 2. The number of carboxylic acid groups (broad SMARTS) is 1. The van der Waals surface area contributed by atoms with E-state index in [2.05, 4.69) is 4.98 Å². The molecule has 1 N–H and O–H groups in total. The van der Waals surface area contributed by atoms with Gasteiger partial charge in [-0.15, -0.1) is 0 Å². The van der Waals surface area contributed by atoms with E-state index in [1.807, 2.05) is 9.80 Å². The summed E-state index contributed by atoms with van der Waals surface area (Å²) in [6.07, 6.45) is -2.61. The number of carboxylic acids is 1. The molecule has 2 aliphatic rings. The SMILES string of the molecule is CC(=O)N1CCC2(CC1)CCN(c1cc(C(F)(F)F)cc3cncn13)CC2.O=C(O)C(F)(F)F. The highest BCUT2D eigenvalue weighted by molar-refractivity contribution is 5.73. The second-order valence-corrected chi connectivity index (χ2v) is 8.58. The van der Waals surface area contributed by atoms with Gasteiger partial charge in [-0.2, -0.15) is 26.3 Å². The molecular weight excluding hydrogens is 470 g/mol. The Morgan fingerprint density at radius 2 is 1.50 bits per heavy atom. The van der Waals surface area contributed by atoms with Crippen LogP contribution in [0.2, 0.25) is 0 Å². The lowest BCUT2D eigenvalue weighted by atomic mass is 9.71. The number of pyridine rings is 1. The maximum atomic E-state index is 13.3. The number of nitrogens with zero attached hydrogens (tertiary/aromatic N) is 4. The number of imidazole rings is 1. The summed E-state index contributed by atoms with van der Waals surface area (Å²) in [7, 11) is 0. The molecule has 2 aromatic heterocycles. The smallest absolute Gasteiger partial charge is 0.475 e. The summed E-state index contributed by atoms with van der Waals surface area (Å²) >= 11 is 0. The third-order valence-corrected chi connectivity index (χ3v) is 6.49. The van der Waals surface area contributed by atoms with E-state index in [-0.39, 0.29) is 11.3 Å². The van der Waals surface area contributed by atoms with E-state index in [1.165, 1.54) is 12.3 Å². The number of halogens is 6. The number of hydrogen-bond acceptors (Lipinski definition) is 4. The van der Waals surface area contributed by atoms with Gasteiger partial charge in [-0.1, -0.05) is 0 Å². The van der Waals surface area contributed by atoms with E-state index < -0.39 is 23.9 Å². The highest BCUT2D eigenvalue weighted by atomic mass is 19.4. The van der Waals surface area contributed by atoms with E-state index in [0.717, 1.165) is 44.8 Å². The third kappa shape index (κ3) is 5.73. The number of rotatable bonds is 1. The summed E-state index contributed by atoms with van der Waals surface area (Å²) < 4.78 is 73.3. The molecule has 0 aromatic carbocycles. The first-order valence-electron chi connectivity index (χ1n) is 10.6. The lowest BCUT2D eigenvalue weighted by Gasteiger charge is -2.47. The number of hydrogen-bond donors (Lipinski definition) is 1. The number of anilines is 1. The van der Waals surface area contributed by atoms with Gasteiger partial charge in [0.25, 0.3) is 0 Å². The summed E-state index contributed by atoms with van der Waals surface area (Å²) in [5.74, 6) is -2.09. The minimum atomic E-state index is -5.08. The van der Waals surface area contributed by atoms with E-state index >= 15 is 0 Å². The van der Waals surface area contributed by atoms with Gasteiger partial charge in [-0.25, -0.2) is 9.78 Å². The van der Waals surface area contributed by atoms with E-state index in [1.54, 1.807) is 17.7 Å². The standard InChI is InChI=1S/C19H23F3N4O.C2HF3O2/c1-14(27)24-6-2-18(3-7-24)4-8-25(9-5-18)17-11-15(19(20,21)22)10-16-12-23-13-26(16)17;3-2(4,5)1(6)7/h10-13H,2-9H2,1H3;(H,6,7).